The number of halogens is 1. The highest BCUT2D eigenvalue weighted by molar-refractivity contribution is 8.18. The largest absolute Gasteiger partial charge is 0.495 e. The average Bonchev–Trinajstić information content (AvgIpc) is 3.19. The van der Waals surface area contributed by atoms with E-state index >= 15 is 0 Å². The van der Waals surface area contributed by atoms with Crippen LogP contribution < -0.4 is 14.8 Å². The molecule has 0 aliphatic carbocycles. The van der Waals surface area contributed by atoms with Crippen LogP contribution in [-0.2, 0) is 16.2 Å². The van der Waals surface area contributed by atoms with E-state index in [1.807, 2.05) is 42.5 Å². The van der Waals surface area contributed by atoms with Gasteiger partial charge in [-0.15, -0.1) is 0 Å². The van der Waals surface area contributed by atoms with Gasteiger partial charge in [0, 0.05) is 5.69 Å². The van der Waals surface area contributed by atoms with Crippen LogP contribution >= 0.6 is 23.4 Å². The second kappa shape index (κ2) is 11.6. The van der Waals surface area contributed by atoms with Gasteiger partial charge in [0.2, 0.25) is 5.91 Å². The molecule has 7 nitrogen and oxygen atoms in total. The van der Waals surface area contributed by atoms with E-state index in [0.717, 1.165) is 33.0 Å². The molecular formula is C30H23ClN2O5S. The summed E-state index contributed by atoms with van der Waals surface area (Å²) in [7, 11) is 1.49. The topological polar surface area (TPSA) is 84.9 Å². The van der Waals surface area contributed by atoms with Crippen LogP contribution in [0.5, 0.6) is 11.5 Å². The third-order valence-electron chi connectivity index (χ3n) is 6.04. The number of benzene rings is 4. The van der Waals surface area contributed by atoms with E-state index in [9.17, 15) is 14.4 Å². The molecule has 3 amide bonds. The van der Waals surface area contributed by atoms with E-state index in [4.69, 9.17) is 21.1 Å². The molecule has 39 heavy (non-hydrogen) atoms. The summed E-state index contributed by atoms with van der Waals surface area (Å²) in [6.45, 7) is -0.0321. The van der Waals surface area contributed by atoms with Crippen molar-refractivity contribution in [2.45, 2.75) is 6.61 Å². The monoisotopic (exact) mass is 558 g/mol. The molecule has 1 N–H and O–H groups in total. The number of imide groups is 1. The summed E-state index contributed by atoms with van der Waals surface area (Å²) in [6.07, 6.45) is 1.62. The molecule has 0 atom stereocenters. The van der Waals surface area contributed by atoms with Gasteiger partial charge in [0.1, 0.15) is 24.7 Å². The molecular weight excluding hydrogens is 536 g/mol. The van der Waals surface area contributed by atoms with Crippen LogP contribution in [0.4, 0.5) is 10.5 Å². The minimum atomic E-state index is -0.532. The first kappa shape index (κ1) is 26.3. The highest BCUT2D eigenvalue weighted by Crippen LogP contribution is 2.33. The first-order valence-electron chi connectivity index (χ1n) is 12.0. The summed E-state index contributed by atoms with van der Waals surface area (Å²) in [5.41, 5.74) is 2.19. The van der Waals surface area contributed by atoms with Crippen LogP contribution in [0.1, 0.15) is 11.1 Å². The normalized spacial score (nSPS) is 14.2. The number of carbonyl (C=O) groups is 3. The van der Waals surface area contributed by atoms with Gasteiger partial charge in [0.25, 0.3) is 11.1 Å². The van der Waals surface area contributed by atoms with Gasteiger partial charge in [0.15, 0.2) is 0 Å². The number of fused-ring (bicyclic) bond motifs is 1. The van der Waals surface area contributed by atoms with Crippen molar-refractivity contribution in [3.8, 4) is 11.5 Å². The lowest BCUT2D eigenvalue weighted by atomic mass is 10.1. The molecule has 0 saturated carbocycles. The van der Waals surface area contributed by atoms with Crippen molar-refractivity contribution in [1.29, 1.82) is 0 Å². The lowest BCUT2D eigenvalue weighted by Crippen LogP contribution is -2.36. The van der Waals surface area contributed by atoms with Crippen molar-refractivity contribution in [3.05, 3.63) is 106 Å². The Morgan fingerprint density at radius 1 is 1.00 bits per heavy atom. The summed E-state index contributed by atoms with van der Waals surface area (Å²) < 4.78 is 11.1. The molecule has 5 rings (SSSR count). The molecule has 4 aromatic carbocycles. The Labute approximate surface area is 234 Å². The smallest absolute Gasteiger partial charge is 0.294 e. The summed E-state index contributed by atoms with van der Waals surface area (Å²) >= 11 is 6.89. The lowest BCUT2D eigenvalue weighted by molar-refractivity contribution is -0.127. The Bertz CT molecular complexity index is 1620. The fraction of sp³-hybridized carbons (Fsp3) is 0.100. The molecule has 9 heteroatoms. The molecule has 1 heterocycles. The predicted molar refractivity (Wildman–Crippen MR) is 154 cm³/mol. The van der Waals surface area contributed by atoms with Crippen LogP contribution in [0, 0.1) is 0 Å². The van der Waals surface area contributed by atoms with E-state index in [2.05, 4.69) is 23.5 Å². The molecule has 196 valence electrons. The zero-order chi connectivity index (χ0) is 27.4. The predicted octanol–water partition coefficient (Wildman–Crippen LogP) is 6.76. The van der Waals surface area contributed by atoms with Gasteiger partial charge in [-0.3, -0.25) is 19.3 Å². The Morgan fingerprint density at radius 3 is 2.62 bits per heavy atom. The number of carbonyl (C=O) groups excluding carboxylic acids is 3. The van der Waals surface area contributed by atoms with Crippen molar-refractivity contribution in [2.75, 3.05) is 19.0 Å². The second-order valence-electron chi connectivity index (χ2n) is 8.66. The van der Waals surface area contributed by atoms with Gasteiger partial charge in [-0.05, 0) is 70.1 Å². The number of hydrogen-bond acceptors (Lipinski definition) is 6. The van der Waals surface area contributed by atoms with Crippen molar-refractivity contribution < 1.29 is 23.9 Å². The number of anilines is 1. The maximum atomic E-state index is 12.9. The summed E-state index contributed by atoms with van der Waals surface area (Å²) in [4.78, 5) is 39.1. The van der Waals surface area contributed by atoms with Gasteiger partial charge >= 0.3 is 0 Å². The van der Waals surface area contributed by atoms with Crippen LogP contribution in [0.15, 0.2) is 89.8 Å². The van der Waals surface area contributed by atoms with Crippen LogP contribution in [0.3, 0.4) is 0 Å². The Kier molecular flexibility index (Phi) is 7.86. The number of amides is 3. The van der Waals surface area contributed by atoms with E-state index in [-0.39, 0.29) is 4.91 Å². The average molecular weight is 559 g/mol. The van der Waals surface area contributed by atoms with Gasteiger partial charge in [-0.2, -0.15) is 0 Å². The van der Waals surface area contributed by atoms with Crippen molar-refractivity contribution in [3.63, 3.8) is 0 Å². The van der Waals surface area contributed by atoms with E-state index in [1.165, 1.54) is 13.2 Å². The van der Waals surface area contributed by atoms with Gasteiger partial charge in [-0.25, -0.2) is 0 Å². The van der Waals surface area contributed by atoms with Gasteiger partial charge < -0.3 is 14.8 Å². The van der Waals surface area contributed by atoms with Crippen molar-refractivity contribution >= 4 is 63.0 Å². The fourth-order valence-corrected chi connectivity index (χ4v) is 5.25. The second-order valence-corrected chi connectivity index (χ2v) is 10.1. The maximum Gasteiger partial charge on any atom is 0.294 e. The third kappa shape index (κ3) is 6.08. The molecule has 0 aromatic heterocycles. The molecule has 1 aliphatic rings. The summed E-state index contributed by atoms with van der Waals surface area (Å²) in [5, 5.41) is 4.72. The van der Waals surface area contributed by atoms with Gasteiger partial charge in [0.05, 0.1) is 17.0 Å². The van der Waals surface area contributed by atoms with Crippen LogP contribution in [-0.4, -0.2) is 35.6 Å². The standard InChI is InChI=1S/C30H23ClN2O5S/c1-37-26-13-12-22(16-25(26)31)32-28(34)17-33-29(35)27(39-30(33)36)15-19-6-4-10-23(14-19)38-18-21-9-5-8-20-7-2-3-11-24(20)21/h2-16H,17-18H2,1H3,(H,32,34)/b27-15+. The Balaban J connectivity index is 1.24. The SMILES string of the molecule is COc1ccc(NC(=O)CN2C(=O)S/C(=C/c3cccc(OCc4cccc5ccccc45)c3)C2=O)cc1Cl. The minimum absolute atomic E-state index is 0.228. The van der Waals surface area contributed by atoms with Crippen LogP contribution in [0.25, 0.3) is 16.8 Å². The number of nitrogens with zero attached hydrogens (tertiary/aromatic N) is 1. The molecule has 1 fully saturated rings. The molecule has 0 bridgehead atoms. The van der Waals surface area contributed by atoms with E-state index in [1.54, 1.807) is 24.3 Å². The summed E-state index contributed by atoms with van der Waals surface area (Å²) in [5.74, 6) is 0.0424. The van der Waals surface area contributed by atoms with E-state index in [0.29, 0.717) is 34.4 Å². The van der Waals surface area contributed by atoms with E-state index < -0.39 is 23.6 Å². The fourth-order valence-electron chi connectivity index (χ4n) is 4.15. The molecule has 1 saturated heterocycles. The Morgan fingerprint density at radius 2 is 1.79 bits per heavy atom. The molecule has 0 spiro atoms. The zero-order valence-electron chi connectivity index (χ0n) is 20.8. The Hall–Kier alpha value is -4.27. The lowest BCUT2D eigenvalue weighted by Gasteiger charge is -2.13. The van der Waals surface area contributed by atoms with Crippen LogP contribution in [0.2, 0.25) is 5.02 Å². The number of ether oxygens (including phenoxy) is 2. The zero-order valence-corrected chi connectivity index (χ0v) is 22.4. The number of hydrogen-bond donors (Lipinski definition) is 1. The number of methoxy groups -OCH3 is 1. The first-order valence-corrected chi connectivity index (χ1v) is 13.2. The highest BCUT2D eigenvalue weighted by atomic mass is 35.5. The van der Waals surface area contributed by atoms with Crippen molar-refractivity contribution in [1.82, 2.24) is 4.90 Å². The third-order valence-corrected chi connectivity index (χ3v) is 7.24. The number of nitrogens with one attached hydrogen (secondary N) is 1. The highest BCUT2D eigenvalue weighted by Gasteiger charge is 2.36. The number of rotatable bonds is 8. The first-order chi connectivity index (χ1) is 18.9. The summed E-state index contributed by atoms with van der Waals surface area (Å²) in [6, 6.07) is 26.3. The van der Waals surface area contributed by atoms with Crippen molar-refractivity contribution in [2.24, 2.45) is 0 Å². The molecule has 1 aliphatic heterocycles. The maximum absolute atomic E-state index is 12.9. The molecule has 4 aromatic rings. The quantitative estimate of drug-likeness (QED) is 0.241. The number of thioether (sulfide) groups is 1. The molecule has 0 unspecified atom stereocenters. The minimum Gasteiger partial charge on any atom is -0.495 e. The molecule has 0 radical (unpaired) electrons. The van der Waals surface area contributed by atoms with Gasteiger partial charge in [-0.1, -0.05) is 66.2 Å².